The average molecular weight is 361 g/mol. The molecule has 0 aliphatic rings. The molecule has 0 unspecified atom stereocenters. The first-order valence-electron chi connectivity index (χ1n) is 4.23. The van der Waals surface area contributed by atoms with Gasteiger partial charge in [0.25, 0.3) is 0 Å². The van der Waals surface area contributed by atoms with E-state index in [0.29, 0.717) is 5.92 Å². The van der Waals surface area contributed by atoms with Gasteiger partial charge in [0, 0.05) is 20.7 Å². The molecule has 0 fully saturated rings. The Morgan fingerprint density at radius 1 is 1.07 bits per heavy atom. The molecule has 0 N–H and O–H groups in total. The van der Waals surface area contributed by atoms with Gasteiger partial charge >= 0.3 is 0 Å². The lowest BCUT2D eigenvalue weighted by Gasteiger charge is -2.12. The van der Waals surface area contributed by atoms with Gasteiger partial charge in [-0.05, 0) is 30.0 Å². The molecule has 14 heavy (non-hydrogen) atoms. The summed E-state index contributed by atoms with van der Waals surface area (Å²) in [7, 11) is 0. The molecule has 0 aromatic heterocycles. The summed E-state index contributed by atoms with van der Waals surface area (Å²) in [4.78, 5) is 0. The van der Waals surface area contributed by atoms with Crippen molar-refractivity contribution in [1.82, 2.24) is 0 Å². The molecule has 0 saturated heterocycles. The second kappa shape index (κ2) is 6.37. The zero-order valence-electron chi connectivity index (χ0n) is 7.44. The Morgan fingerprint density at radius 3 is 2.00 bits per heavy atom. The maximum absolute atomic E-state index is 6.07. The maximum Gasteiger partial charge on any atom is 0.0452 e. The number of halogens is 4. The van der Waals surface area contributed by atoms with Crippen LogP contribution in [0.4, 0.5) is 0 Å². The first kappa shape index (κ1) is 12.8. The van der Waals surface area contributed by atoms with Gasteiger partial charge < -0.3 is 0 Å². The Balaban J connectivity index is 2.84. The third-order valence-corrected chi connectivity index (χ3v) is 4.53. The second-order valence-electron chi connectivity index (χ2n) is 3.08. The van der Waals surface area contributed by atoms with Gasteiger partial charge in [-0.1, -0.05) is 61.1 Å². The van der Waals surface area contributed by atoms with Gasteiger partial charge in [0.15, 0.2) is 0 Å². The van der Waals surface area contributed by atoms with Gasteiger partial charge in [-0.15, -0.1) is 0 Å². The molecule has 0 nitrogen and oxygen atoms in total. The predicted molar refractivity (Wildman–Crippen MR) is 71.2 cm³/mol. The van der Waals surface area contributed by atoms with Gasteiger partial charge in [-0.2, -0.15) is 0 Å². The van der Waals surface area contributed by atoms with Crippen molar-refractivity contribution < 1.29 is 0 Å². The fourth-order valence-corrected chi connectivity index (χ4v) is 3.25. The Morgan fingerprint density at radius 2 is 1.57 bits per heavy atom. The number of benzene rings is 1. The first-order chi connectivity index (χ1) is 6.69. The molecule has 4 heteroatoms. The monoisotopic (exact) mass is 358 g/mol. The van der Waals surface area contributed by atoms with E-state index in [2.05, 4.69) is 31.9 Å². The molecule has 1 aromatic rings. The Kier molecular flexibility index (Phi) is 5.83. The summed E-state index contributed by atoms with van der Waals surface area (Å²) in [5.41, 5.74) is 1.04. The summed E-state index contributed by atoms with van der Waals surface area (Å²) >= 11 is 19.1. The van der Waals surface area contributed by atoms with E-state index in [9.17, 15) is 0 Å². The van der Waals surface area contributed by atoms with E-state index >= 15 is 0 Å². The summed E-state index contributed by atoms with van der Waals surface area (Å²) in [6.07, 6.45) is 0.898. The maximum atomic E-state index is 6.07. The van der Waals surface area contributed by atoms with Crippen molar-refractivity contribution in [3.8, 4) is 0 Å². The molecule has 0 atom stereocenters. The van der Waals surface area contributed by atoms with Crippen molar-refractivity contribution in [1.29, 1.82) is 0 Å². The van der Waals surface area contributed by atoms with E-state index in [0.717, 1.165) is 32.7 Å². The summed E-state index contributed by atoms with van der Waals surface area (Å²) in [5.74, 6) is 0.521. The Labute approximate surface area is 111 Å². The number of rotatable bonds is 4. The Hall–Kier alpha value is 0.760. The molecule has 0 heterocycles. The molecule has 1 aromatic carbocycles. The molecule has 0 aliphatic heterocycles. The SMILES string of the molecule is Clc1cccc(Cl)c1CC(CBr)CBr. The number of hydrogen-bond donors (Lipinski definition) is 0. The van der Waals surface area contributed by atoms with Crippen LogP contribution in [0, 0.1) is 5.92 Å². The molecule has 0 saturated carbocycles. The van der Waals surface area contributed by atoms with Crippen LogP contribution in [0.25, 0.3) is 0 Å². The van der Waals surface area contributed by atoms with Crippen LogP contribution in [0.5, 0.6) is 0 Å². The molecular formula is C10H10Br2Cl2. The first-order valence-corrected chi connectivity index (χ1v) is 7.23. The van der Waals surface area contributed by atoms with Crippen molar-refractivity contribution in [2.24, 2.45) is 5.92 Å². The highest BCUT2D eigenvalue weighted by Crippen LogP contribution is 2.27. The smallest absolute Gasteiger partial charge is 0.0452 e. The van der Waals surface area contributed by atoms with Gasteiger partial charge in [-0.3, -0.25) is 0 Å². The van der Waals surface area contributed by atoms with Crippen LogP contribution >= 0.6 is 55.1 Å². The molecule has 0 bridgehead atoms. The Bertz CT molecular complexity index is 278. The topological polar surface area (TPSA) is 0 Å². The fraction of sp³-hybridized carbons (Fsp3) is 0.400. The lowest BCUT2D eigenvalue weighted by Crippen LogP contribution is -2.08. The minimum Gasteiger partial charge on any atom is -0.0925 e. The third-order valence-electron chi connectivity index (χ3n) is 1.99. The van der Waals surface area contributed by atoms with Gasteiger partial charge in [0.2, 0.25) is 0 Å². The van der Waals surface area contributed by atoms with Gasteiger partial charge in [0.1, 0.15) is 0 Å². The normalized spacial score (nSPS) is 10.9. The van der Waals surface area contributed by atoms with E-state index in [1.807, 2.05) is 18.2 Å². The number of hydrogen-bond acceptors (Lipinski definition) is 0. The minimum atomic E-state index is 0.521. The van der Waals surface area contributed by atoms with Crippen LogP contribution in [-0.2, 0) is 6.42 Å². The van der Waals surface area contributed by atoms with Crippen molar-refractivity contribution in [3.63, 3.8) is 0 Å². The predicted octanol–water partition coefficient (Wildman–Crippen LogP) is 4.94. The zero-order valence-corrected chi connectivity index (χ0v) is 12.1. The van der Waals surface area contributed by atoms with Crippen LogP contribution in [0.2, 0.25) is 10.0 Å². The second-order valence-corrected chi connectivity index (χ2v) is 5.19. The molecule has 0 radical (unpaired) electrons. The van der Waals surface area contributed by atoms with E-state index < -0.39 is 0 Å². The summed E-state index contributed by atoms with van der Waals surface area (Å²) < 4.78 is 0. The molecular weight excluding hydrogens is 351 g/mol. The highest BCUT2D eigenvalue weighted by molar-refractivity contribution is 9.09. The third kappa shape index (κ3) is 3.41. The fourth-order valence-electron chi connectivity index (χ4n) is 1.17. The van der Waals surface area contributed by atoms with Crippen molar-refractivity contribution in [2.75, 3.05) is 10.7 Å². The molecule has 0 amide bonds. The van der Waals surface area contributed by atoms with Gasteiger partial charge in [0.05, 0.1) is 0 Å². The zero-order chi connectivity index (χ0) is 10.6. The van der Waals surface area contributed by atoms with E-state index in [-0.39, 0.29) is 0 Å². The van der Waals surface area contributed by atoms with Crippen molar-refractivity contribution >= 4 is 55.1 Å². The van der Waals surface area contributed by atoms with Crippen LogP contribution in [0.15, 0.2) is 18.2 Å². The average Bonchev–Trinajstić information content (AvgIpc) is 2.18. The summed E-state index contributed by atoms with van der Waals surface area (Å²) in [6.45, 7) is 0. The minimum absolute atomic E-state index is 0.521. The lowest BCUT2D eigenvalue weighted by atomic mass is 10.0. The van der Waals surface area contributed by atoms with Crippen LogP contribution in [0.3, 0.4) is 0 Å². The molecule has 1 rings (SSSR count). The summed E-state index contributed by atoms with van der Waals surface area (Å²) in [6, 6.07) is 5.62. The van der Waals surface area contributed by atoms with Crippen LogP contribution < -0.4 is 0 Å². The van der Waals surface area contributed by atoms with Gasteiger partial charge in [-0.25, -0.2) is 0 Å². The van der Waals surface area contributed by atoms with Crippen LogP contribution in [0.1, 0.15) is 5.56 Å². The standard InChI is InChI=1S/C10H10Br2Cl2/c11-5-7(6-12)4-8-9(13)2-1-3-10(8)14/h1-3,7H,4-6H2. The molecule has 0 spiro atoms. The highest BCUT2D eigenvalue weighted by Gasteiger charge is 2.11. The largest absolute Gasteiger partial charge is 0.0925 e. The van der Waals surface area contributed by atoms with Crippen molar-refractivity contribution in [3.05, 3.63) is 33.8 Å². The highest BCUT2D eigenvalue weighted by atomic mass is 79.9. The molecule has 0 aliphatic carbocycles. The number of alkyl halides is 2. The lowest BCUT2D eigenvalue weighted by molar-refractivity contribution is 0.680. The van der Waals surface area contributed by atoms with E-state index in [1.54, 1.807) is 0 Å². The van der Waals surface area contributed by atoms with Crippen LogP contribution in [-0.4, -0.2) is 10.7 Å². The summed E-state index contributed by atoms with van der Waals surface area (Å²) in [5, 5.41) is 3.40. The quantitative estimate of drug-likeness (QED) is 0.667. The van der Waals surface area contributed by atoms with Crippen molar-refractivity contribution in [2.45, 2.75) is 6.42 Å². The van der Waals surface area contributed by atoms with E-state index in [1.165, 1.54) is 0 Å². The van der Waals surface area contributed by atoms with E-state index in [4.69, 9.17) is 23.2 Å². The molecule has 78 valence electrons.